The molecule has 1 aromatic rings. The van der Waals surface area contributed by atoms with Crippen molar-refractivity contribution < 1.29 is 9.53 Å². The Morgan fingerprint density at radius 2 is 2.15 bits per heavy atom. The number of hydrogen-bond donors (Lipinski definition) is 1. The number of hydrogen-bond acceptors (Lipinski definition) is 3. The average molecular weight is 275 g/mol. The predicted molar refractivity (Wildman–Crippen MR) is 81.1 cm³/mol. The molecule has 0 bridgehead atoms. The average Bonchev–Trinajstić information content (AvgIpc) is 2.48. The van der Waals surface area contributed by atoms with Crippen LogP contribution in [0.1, 0.15) is 32.3 Å². The smallest absolute Gasteiger partial charge is 0.143 e. The molecule has 1 fully saturated rings. The molecule has 1 N–H and O–H groups in total. The van der Waals surface area contributed by atoms with Crippen LogP contribution < -0.4 is 10.1 Å². The Labute approximate surface area is 121 Å². The number of benzene rings is 1. The van der Waals surface area contributed by atoms with Crippen LogP contribution in [-0.2, 0) is 11.2 Å². The van der Waals surface area contributed by atoms with Gasteiger partial charge in [-0.15, -0.1) is 0 Å². The summed E-state index contributed by atoms with van der Waals surface area (Å²) in [6, 6.07) is 7.78. The number of carbonyl (C=O) groups is 1. The normalized spacial score (nSPS) is 19.6. The Bertz CT molecular complexity index is 462. The summed E-state index contributed by atoms with van der Waals surface area (Å²) in [5.41, 5.74) is 0.700. The van der Waals surface area contributed by atoms with Crippen molar-refractivity contribution in [2.45, 2.75) is 33.1 Å². The molecule has 1 aliphatic rings. The molecule has 0 spiro atoms. The van der Waals surface area contributed by atoms with Crippen LogP contribution in [0.5, 0.6) is 5.75 Å². The first-order valence-corrected chi connectivity index (χ1v) is 7.41. The first-order valence-electron chi connectivity index (χ1n) is 7.41. The van der Waals surface area contributed by atoms with Crippen molar-refractivity contribution in [1.82, 2.24) is 5.32 Å². The van der Waals surface area contributed by atoms with Gasteiger partial charge in [0.2, 0.25) is 0 Å². The summed E-state index contributed by atoms with van der Waals surface area (Å²) in [5.74, 6) is 1.53. The quantitative estimate of drug-likeness (QED) is 0.898. The van der Waals surface area contributed by atoms with Gasteiger partial charge in [-0.2, -0.15) is 0 Å². The standard InChI is InChI=1S/C17H25NO2/c1-17(2,14-8-6-10-18-12-14)16(19)11-13-7-4-5-9-15(13)20-3/h4-5,7,9,14,18H,6,8,10-12H2,1-3H3. The minimum Gasteiger partial charge on any atom is -0.496 e. The van der Waals surface area contributed by atoms with Gasteiger partial charge in [0, 0.05) is 17.4 Å². The van der Waals surface area contributed by atoms with Crippen molar-refractivity contribution in [1.29, 1.82) is 0 Å². The number of rotatable bonds is 5. The zero-order chi connectivity index (χ0) is 14.6. The second-order valence-corrected chi connectivity index (χ2v) is 6.18. The summed E-state index contributed by atoms with van der Waals surface area (Å²) in [5, 5.41) is 3.41. The highest BCUT2D eigenvalue weighted by atomic mass is 16.5. The van der Waals surface area contributed by atoms with Crippen molar-refractivity contribution in [3.8, 4) is 5.75 Å². The van der Waals surface area contributed by atoms with E-state index < -0.39 is 0 Å². The molecule has 0 radical (unpaired) electrons. The molecule has 1 saturated heterocycles. The number of methoxy groups -OCH3 is 1. The molecule has 1 aliphatic heterocycles. The second-order valence-electron chi connectivity index (χ2n) is 6.18. The van der Waals surface area contributed by atoms with E-state index in [1.165, 1.54) is 0 Å². The molecule has 1 aromatic carbocycles. The van der Waals surface area contributed by atoms with E-state index in [9.17, 15) is 4.79 Å². The molecule has 2 rings (SSSR count). The van der Waals surface area contributed by atoms with Crippen molar-refractivity contribution in [2.75, 3.05) is 20.2 Å². The van der Waals surface area contributed by atoms with Crippen LogP contribution in [0.3, 0.4) is 0 Å². The number of ether oxygens (including phenoxy) is 1. The van der Waals surface area contributed by atoms with Crippen LogP contribution >= 0.6 is 0 Å². The lowest BCUT2D eigenvalue weighted by Crippen LogP contribution is -2.43. The minimum atomic E-state index is -0.283. The van der Waals surface area contributed by atoms with Crippen molar-refractivity contribution >= 4 is 5.78 Å². The van der Waals surface area contributed by atoms with Gasteiger partial charge in [-0.3, -0.25) is 4.79 Å². The second kappa shape index (κ2) is 6.40. The number of para-hydroxylation sites is 1. The molecule has 1 unspecified atom stereocenters. The van der Waals surface area contributed by atoms with Gasteiger partial charge >= 0.3 is 0 Å². The molecule has 110 valence electrons. The SMILES string of the molecule is COc1ccccc1CC(=O)C(C)(C)C1CCCNC1. The molecule has 0 aliphatic carbocycles. The fourth-order valence-electron chi connectivity index (χ4n) is 2.95. The van der Waals surface area contributed by atoms with Gasteiger partial charge < -0.3 is 10.1 Å². The zero-order valence-electron chi connectivity index (χ0n) is 12.7. The van der Waals surface area contributed by atoms with E-state index in [4.69, 9.17) is 4.74 Å². The maximum Gasteiger partial charge on any atom is 0.143 e. The lowest BCUT2D eigenvalue weighted by Gasteiger charge is -2.36. The fourth-order valence-corrected chi connectivity index (χ4v) is 2.95. The van der Waals surface area contributed by atoms with Gasteiger partial charge in [-0.1, -0.05) is 32.0 Å². The largest absolute Gasteiger partial charge is 0.496 e. The van der Waals surface area contributed by atoms with Gasteiger partial charge in [0.1, 0.15) is 11.5 Å². The molecule has 0 amide bonds. The highest BCUT2D eigenvalue weighted by molar-refractivity contribution is 5.87. The third-order valence-electron chi connectivity index (χ3n) is 4.58. The van der Waals surface area contributed by atoms with Crippen LogP contribution in [0.15, 0.2) is 24.3 Å². The summed E-state index contributed by atoms with van der Waals surface area (Å²) in [7, 11) is 1.65. The van der Waals surface area contributed by atoms with Crippen LogP contribution in [0.25, 0.3) is 0 Å². The molecular weight excluding hydrogens is 250 g/mol. The lowest BCUT2D eigenvalue weighted by atomic mass is 9.71. The summed E-state index contributed by atoms with van der Waals surface area (Å²) in [4.78, 5) is 12.7. The van der Waals surface area contributed by atoms with Crippen LogP contribution in [0.4, 0.5) is 0 Å². The van der Waals surface area contributed by atoms with E-state index in [-0.39, 0.29) is 5.41 Å². The lowest BCUT2D eigenvalue weighted by molar-refractivity contribution is -0.129. The third kappa shape index (κ3) is 3.21. The Kier molecular flexibility index (Phi) is 4.81. The molecule has 3 heteroatoms. The monoisotopic (exact) mass is 275 g/mol. The van der Waals surface area contributed by atoms with Gasteiger partial charge in [0.25, 0.3) is 0 Å². The van der Waals surface area contributed by atoms with Crippen molar-refractivity contribution in [2.24, 2.45) is 11.3 Å². The number of ketones is 1. The van der Waals surface area contributed by atoms with Crippen LogP contribution in [-0.4, -0.2) is 26.0 Å². The summed E-state index contributed by atoms with van der Waals surface area (Å²) >= 11 is 0. The van der Waals surface area contributed by atoms with E-state index in [1.807, 2.05) is 24.3 Å². The summed E-state index contributed by atoms with van der Waals surface area (Å²) in [6.45, 7) is 6.20. The Morgan fingerprint density at radius 3 is 2.80 bits per heavy atom. The van der Waals surface area contributed by atoms with Gasteiger partial charge in [-0.05, 0) is 37.9 Å². The maximum absolute atomic E-state index is 12.7. The first kappa shape index (κ1) is 15.0. The number of Topliss-reactive ketones (excluding diaryl/α,β-unsaturated/α-hetero) is 1. The van der Waals surface area contributed by atoms with Gasteiger partial charge in [-0.25, -0.2) is 0 Å². The summed E-state index contributed by atoms with van der Waals surface area (Å²) in [6.07, 6.45) is 2.75. The van der Waals surface area contributed by atoms with E-state index >= 15 is 0 Å². The topological polar surface area (TPSA) is 38.3 Å². The van der Waals surface area contributed by atoms with Crippen molar-refractivity contribution in [3.63, 3.8) is 0 Å². The Hall–Kier alpha value is -1.35. The van der Waals surface area contributed by atoms with E-state index in [2.05, 4.69) is 19.2 Å². The molecular formula is C17H25NO2. The minimum absolute atomic E-state index is 0.283. The van der Waals surface area contributed by atoms with E-state index in [1.54, 1.807) is 7.11 Å². The van der Waals surface area contributed by atoms with E-state index in [0.717, 1.165) is 37.2 Å². The summed E-state index contributed by atoms with van der Waals surface area (Å²) < 4.78 is 5.34. The Balaban J connectivity index is 2.10. The number of carbonyl (C=O) groups excluding carboxylic acids is 1. The molecule has 3 nitrogen and oxygen atoms in total. The van der Waals surface area contributed by atoms with Crippen LogP contribution in [0.2, 0.25) is 0 Å². The van der Waals surface area contributed by atoms with E-state index in [0.29, 0.717) is 18.1 Å². The van der Waals surface area contributed by atoms with Crippen molar-refractivity contribution in [3.05, 3.63) is 29.8 Å². The molecule has 1 heterocycles. The molecule has 0 saturated carbocycles. The third-order valence-corrected chi connectivity index (χ3v) is 4.58. The maximum atomic E-state index is 12.7. The van der Waals surface area contributed by atoms with Crippen LogP contribution in [0, 0.1) is 11.3 Å². The highest BCUT2D eigenvalue weighted by Gasteiger charge is 2.36. The number of piperidine rings is 1. The highest BCUT2D eigenvalue weighted by Crippen LogP contribution is 2.34. The zero-order valence-corrected chi connectivity index (χ0v) is 12.7. The first-order chi connectivity index (χ1) is 9.55. The number of nitrogens with one attached hydrogen (secondary N) is 1. The van der Waals surface area contributed by atoms with Gasteiger partial charge in [0.15, 0.2) is 0 Å². The fraction of sp³-hybridized carbons (Fsp3) is 0.588. The van der Waals surface area contributed by atoms with Gasteiger partial charge in [0.05, 0.1) is 7.11 Å². The molecule has 0 aromatic heterocycles. The predicted octanol–water partition coefficient (Wildman–Crippen LogP) is 2.83. The molecule has 20 heavy (non-hydrogen) atoms. The Morgan fingerprint density at radius 1 is 1.40 bits per heavy atom. The molecule has 1 atom stereocenters.